The van der Waals surface area contributed by atoms with Crippen LogP contribution in [0.25, 0.3) is 0 Å². The molecule has 1 atom stereocenters. The number of benzene rings is 2. The van der Waals surface area contributed by atoms with Crippen molar-refractivity contribution in [3.05, 3.63) is 59.2 Å². The van der Waals surface area contributed by atoms with E-state index >= 15 is 0 Å². The standard InChI is InChI=1S/C17H19NO3/c1-11-8-9-16(21-3)14(10-11)12(2)18-15-7-5-4-6-13(15)17(19)20/h4-10,12,18H,1-3H3,(H,19,20). The van der Waals surface area contributed by atoms with Crippen molar-refractivity contribution in [3.63, 3.8) is 0 Å². The molecule has 4 nitrogen and oxygen atoms in total. The topological polar surface area (TPSA) is 58.6 Å². The Labute approximate surface area is 124 Å². The number of para-hydroxylation sites is 1. The van der Waals surface area contributed by atoms with Gasteiger partial charge in [0.05, 0.1) is 18.7 Å². The molecule has 2 rings (SSSR count). The van der Waals surface area contributed by atoms with Crippen molar-refractivity contribution in [1.82, 2.24) is 0 Å². The van der Waals surface area contributed by atoms with E-state index in [1.807, 2.05) is 38.1 Å². The summed E-state index contributed by atoms with van der Waals surface area (Å²) in [5.41, 5.74) is 2.99. The second-order valence-corrected chi connectivity index (χ2v) is 4.96. The molecule has 0 aromatic heterocycles. The van der Waals surface area contributed by atoms with E-state index in [1.54, 1.807) is 25.3 Å². The van der Waals surface area contributed by atoms with Gasteiger partial charge in [0.2, 0.25) is 0 Å². The summed E-state index contributed by atoms with van der Waals surface area (Å²) in [6.07, 6.45) is 0. The number of aryl methyl sites for hydroxylation is 1. The van der Waals surface area contributed by atoms with E-state index in [0.29, 0.717) is 5.69 Å². The van der Waals surface area contributed by atoms with E-state index in [0.717, 1.165) is 16.9 Å². The molecule has 0 heterocycles. The van der Waals surface area contributed by atoms with Crippen LogP contribution in [0.5, 0.6) is 5.75 Å². The number of rotatable bonds is 5. The molecule has 0 radical (unpaired) electrons. The van der Waals surface area contributed by atoms with Gasteiger partial charge in [0.25, 0.3) is 0 Å². The molecule has 2 aromatic carbocycles. The highest BCUT2D eigenvalue weighted by molar-refractivity contribution is 5.94. The molecule has 0 amide bonds. The average Bonchev–Trinajstić information content (AvgIpc) is 2.47. The quantitative estimate of drug-likeness (QED) is 0.875. The maximum Gasteiger partial charge on any atom is 0.337 e. The van der Waals surface area contributed by atoms with Crippen LogP contribution in [0.2, 0.25) is 0 Å². The second kappa shape index (κ2) is 6.31. The Balaban J connectivity index is 2.32. The number of aromatic carboxylic acids is 1. The van der Waals surface area contributed by atoms with Gasteiger partial charge in [-0.15, -0.1) is 0 Å². The lowest BCUT2D eigenvalue weighted by molar-refractivity contribution is 0.0698. The van der Waals surface area contributed by atoms with Gasteiger partial charge in [0.15, 0.2) is 0 Å². The molecule has 4 heteroatoms. The Morgan fingerprint density at radius 1 is 1.24 bits per heavy atom. The predicted molar refractivity (Wildman–Crippen MR) is 83.2 cm³/mol. The molecule has 0 saturated carbocycles. The molecule has 0 bridgehead atoms. The third kappa shape index (κ3) is 3.34. The number of carbonyl (C=O) groups is 1. The van der Waals surface area contributed by atoms with Crippen molar-refractivity contribution in [2.24, 2.45) is 0 Å². The van der Waals surface area contributed by atoms with Crippen LogP contribution in [0.4, 0.5) is 5.69 Å². The van der Waals surface area contributed by atoms with Crippen molar-refractivity contribution in [2.45, 2.75) is 19.9 Å². The van der Waals surface area contributed by atoms with E-state index in [2.05, 4.69) is 5.32 Å². The van der Waals surface area contributed by atoms with Crippen molar-refractivity contribution >= 4 is 11.7 Å². The van der Waals surface area contributed by atoms with Gasteiger partial charge < -0.3 is 15.2 Å². The number of carboxylic acids is 1. The van der Waals surface area contributed by atoms with Crippen LogP contribution in [0.15, 0.2) is 42.5 Å². The molecular weight excluding hydrogens is 266 g/mol. The monoisotopic (exact) mass is 285 g/mol. The van der Waals surface area contributed by atoms with Crippen LogP contribution in [-0.4, -0.2) is 18.2 Å². The number of carboxylic acid groups (broad SMARTS) is 1. The van der Waals surface area contributed by atoms with Gasteiger partial charge in [-0.1, -0.05) is 29.8 Å². The normalized spacial score (nSPS) is 11.8. The smallest absolute Gasteiger partial charge is 0.337 e. The molecule has 2 N–H and O–H groups in total. The van der Waals surface area contributed by atoms with E-state index in [4.69, 9.17) is 4.74 Å². The minimum Gasteiger partial charge on any atom is -0.496 e. The minimum absolute atomic E-state index is 0.0691. The average molecular weight is 285 g/mol. The Morgan fingerprint density at radius 3 is 2.62 bits per heavy atom. The largest absolute Gasteiger partial charge is 0.496 e. The summed E-state index contributed by atoms with van der Waals surface area (Å²) in [6.45, 7) is 4.00. The molecule has 0 spiro atoms. The summed E-state index contributed by atoms with van der Waals surface area (Å²) < 4.78 is 5.38. The van der Waals surface area contributed by atoms with Crippen molar-refractivity contribution in [2.75, 3.05) is 12.4 Å². The van der Waals surface area contributed by atoms with Gasteiger partial charge in [-0.25, -0.2) is 4.79 Å². The first kappa shape index (κ1) is 14.9. The van der Waals surface area contributed by atoms with E-state index in [9.17, 15) is 9.90 Å². The molecule has 0 aliphatic heterocycles. The zero-order valence-electron chi connectivity index (χ0n) is 12.4. The lowest BCUT2D eigenvalue weighted by Crippen LogP contribution is -2.11. The molecule has 0 aliphatic carbocycles. The first-order chi connectivity index (χ1) is 10.0. The number of methoxy groups -OCH3 is 1. The highest BCUT2D eigenvalue weighted by Crippen LogP contribution is 2.29. The van der Waals surface area contributed by atoms with Crippen molar-refractivity contribution in [3.8, 4) is 5.75 Å². The zero-order valence-corrected chi connectivity index (χ0v) is 12.4. The molecule has 1 unspecified atom stereocenters. The van der Waals surface area contributed by atoms with E-state index in [-0.39, 0.29) is 11.6 Å². The fraction of sp³-hybridized carbons (Fsp3) is 0.235. The summed E-state index contributed by atoms with van der Waals surface area (Å²) in [5, 5.41) is 12.5. The van der Waals surface area contributed by atoms with Gasteiger partial charge in [-0.3, -0.25) is 0 Å². The first-order valence-electron chi connectivity index (χ1n) is 6.76. The van der Waals surface area contributed by atoms with Crippen LogP contribution in [0, 0.1) is 6.92 Å². The SMILES string of the molecule is COc1ccc(C)cc1C(C)Nc1ccccc1C(=O)O. The van der Waals surface area contributed by atoms with Crippen molar-refractivity contribution in [1.29, 1.82) is 0 Å². The fourth-order valence-corrected chi connectivity index (χ4v) is 2.30. The number of ether oxygens (including phenoxy) is 1. The highest BCUT2D eigenvalue weighted by atomic mass is 16.5. The van der Waals surface area contributed by atoms with Gasteiger partial charge in [-0.05, 0) is 32.0 Å². The summed E-state index contributed by atoms with van der Waals surface area (Å²) in [5.74, 6) is -0.157. The van der Waals surface area contributed by atoms with E-state index < -0.39 is 5.97 Å². The van der Waals surface area contributed by atoms with Gasteiger partial charge >= 0.3 is 5.97 Å². The lowest BCUT2D eigenvalue weighted by Gasteiger charge is -2.20. The maximum absolute atomic E-state index is 11.3. The Hall–Kier alpha value is -2.49. The van der Waals surface area contributed by atoms with Gasteiger partial charge in [-0.2, -0.15) is 0 Å². The minimum atomic E-state index is -0.943. The molecule has 110 valence electrons. The van der Waals surface area contributed by atoms with Crippen LogP contribution in [0.3, 0.4) is 0 Å². The third-order valence-corrected chi connectivity index (χ3v) is 3.38. The Kier molecular flexibility index (Phi) is 4.48. The molecule has 0 aliphatic rings. The molecule has 2 aromatic rings. The molecular formula is C17H19NO3. The Morgan fingerprint density at radius 2 is 1.95 bits per heavy atom. The Bertz CT molecular complexity index is 652. The van der Waals surface area contributed by atoms with Crippen LogP contribution in [-0.2, 0) is 0 Å². The van der Waals surface area contributed by atoms with Crippen LogP contribution < -0.4 is 10.1 Å². The predicted octanol–water partition coefficient (Wildman–Crippen LogP) is 3.87. The van der Waals surface area contributed by atoms with Crippen LogP contribution in [0.1, 0.15) is 34.5 Å². The third-order valence-electron chi connectivity index (χ3n) is 3.38. The second-order valence-electron chi connectivity index (χ2n) is 4.96. The number of nitrogens with one attached hydrogen (secondary N) is 1. The van der Waals surface area contributed by atoms with Gasteiger partial charge in [0.1, 0.15) is 5.75 Å². The fourth-order valence-electron chi connectivity index (χ4n) is 2.30. The summed E-state index contributed by atoms with van der Waals surface area (Å²) in [4.78, 5) is 11.3. The molecule has 0 fully saturated rings. The molecule has 21 heavy (non-hydrogen) atoms. The maximum atomic E-state index is 11.3. The van der Waals surface area contributed by atoms with E-state index in [1.165, 1.54) is 0 Å². The summed E-state index contributed by atoms with van der Waals surface area (Å²) in [6, 6.07) is 12.8. The number of hydrogen-bond donors (Lipinski definition) is 2. The molecule has 0 saturated heterocycles. The van der Waals surface area contributed by atoms with Crippen LogP contribution >= 0.6 is 0 Å². The lowest BCUT2D eigenvalue weighted by atomic mass is 10.0. The summed E-state index contributed by atoms with van der Waals surface area (Å²) in [7, 11) is 1.63. The first-order valence-corrected chi connectivity index (χ1v) is 6.76. The van der Waals surface area contributed by atoms with Gasteiger partial charge in [0, 0.05) is 11.3 Å². The number of hydrogen-bond acceptors (Lipinski definition) is 3. The number of anilines is 1. The summed E-state index contributed by atoms with van der Waals surface area (Å²) >= 11 is 0. The zero-order chi connectivity index (χ0) is 15.4. The van der Waals surface area contributed by atoms with Crippen molar-refractivity contribution < 1.29 is 14.6 Å². The highest BCUT2D eigenvalue weighted by Gasteiger charge is 2.15.